The summed E-state index contributed by atoms with van der Waals surface area (Å²) < 4.78 is 12.0. The van der Waals surface area contributed by atoms with Crippen LogP contribution in [0, 0.1) is 13.8 Å². The number of para-hydroxylation sites is 2. The number of methoxy groups -OCH3 is 1. The Morgan fingerprint density at radius 3 is 2.33 bits per heavy atom. The summed E-state index contributed by atoms with van der Waals surface area (Å²) >= 11 is 3.46. The first-order valence-electron chi connectivity index (χ1n) is 9.49. The van der Waals surface area contributed by atoms with Crippen molar-refractivity contribution in [1.82, 2.24) is 4.98 Å². The minimum Gasteiger partial charge on any atom is -0.493 e. The van der Waals surface area contributed by atoms with Crippen molar-refractivity contribution < 1.29 is 14.3 Å². The number of benzene rings is 3. The van der Waals surface area contributed by atoms with Crippen LogP contribution in [0.15, 0.2) is 71.2 Å². The van der Waals surface area contributed by atoms with E-state index in [1.54, 1.807) is 31.4 Å². The Hall–Kier alpha value is -3.18. The first kappa shape index (κ1) is 20.1. The molecule has 3 aromatic carbocycles. The third kappa shape index (κ3) is 3.94. The number of aromatic nitrogens is 1. The van der Waals surface area contributed by atoms with E-state index in [1.807, 2.05) is 50.2 Å². The average Bonchev–Trinajstić information content (AvgIpc) is 2.74. The van der Waals surface area contributed by atoms with Crippen LogP contribution in [0.3, 0.4) is 0 Å². The van der Waals surface area contributed by atoms with Gasteiger partial charge in [-0.2, -0.15) is 0 Å². The summed E-state index contributed by atoms with van der Waals surface area (Å²) in [5.41, 5.74) is 4.96. The van der Waals surface area contributed by atoms with Crippen LogP contribution in [-0.2, 0) is 0 Å². The van der Waals surface area contributed by atoms with Gasteiger partial charge in [-0.25, -0.2) is 9.78 Å². The molecule has 0 unspecified atom stereocenters. The summed E-state index contributed by atoms with van der Waals surface area (Å²) in [5.74, 6) is 0.435. The topological polar surface area (TPSA) is 48.4 Å². The number of aryl methyl sites for hydroxylation is 2. The number of ether oxygens (including phenoxy) is 2. The first-order valence-corrected chi connectivity index (χ1v) is 10.3. The molecule has 0 N–H and O–H groups in total. The molecule has 1 heterocycles. The van der Waals surface area contributed by atoms with E-state index in [0.29, 0.717) is 22.8 Å². The zero-order chi connectivity index (χ0) is 21.3. The summed E-state index contributed by atoms with van der Waals surface area (Å²) in [6, 6.07) is 20.8. The summed E-state index contributed by atoms with van der Waals surface area (Å²) in [5, 5.41) is 0.772. The van der Waals surface area contributed by atoms with Gasteiger partial charge in [0.1, 0.15) is 0 Å². The number of hydrogen-bond donors (Lipinski definition) is 0. The van der Waals surface area contributed by atoms with E-state index >= 15 is 0 Å². The molecule has 0 saturated carbocycles. The lowest BCUT2D eigenvalue weighted by atomic mass is 10.00. The van der Waals surface area contributed by atoms with E-state index in [9.17, 15) is 4.79 Å². The highest BCUT2D eigenvalue weighted by molar-refractivity contribution is 9.10. The van der Waals surface area contributed by atoms with Crippen molar-refractivity contribution in [2.75, 3.05) is 7.11 Å². The maximum atomic E-state index is 13.2. The fourth-order valence-corrected chi connectivity index (χ4v) is 3.74. The van der Waals surface area contributed by atoms with Crippen molar-refractivity contribution >= 4 is 32.8 Å². The number of fused-ring (bicyclic) bond motifs is 1. The molecule has 5 heteroatoms. The Labute approximate surface area is 183 Å². The first-order chi connectivity index (χ1) is 14.5. The van der Waals surface area contributed by atoms with Gasteiger partial charge in [-0.1, -0.05) is 51.8 Å². The zero-order valence-electron chi connectivity index (χ0n) is 16.9. The lowest BCUT2D eigenvalue weighted by molar-refractivity contribution is 0.0732. The molecular weight excluding hydrogens is 442 g/mol. The molecule has 0 atom stereocenters. The Morgan fingerprint density at radius 1 is 0.933 bits per heavy atom. The van der Waals surface area contributed by atoms with Crippen LogP contribution >= 0.6 is 15.9 Å². The molecule has 0 radical (unpaired) electrons. The van der Waals surface area contributed by atoms with Crippen LogP contribution in [0.25, 0.3) is 22.2 Å². The normalized spacial score (nSPS) is 10.8. The fraction of sp³-hybridized carbons (Fsp3) is 0.120. The van der Waals surface area contributed by atoms with Gasteiger partial charge in [0.25, 0.3) is 0 Å². The van der Waals surface area contributed by atoms with Gasteiger partial charge in [0.2, 0.25) is 0 Å². The van der Waals surface area contributed by atoms with Crippen molar-refractivity contribution in [2.45, 2.75) is 13.8 Å². The second-order valence-corrected chi connectivity index (χ2v) is 8.00. The smallest absolute Gasteiger partial charge is 0.344 e. The Kier molecular flexibility index (Phi) is 5.55. The predicted molar refractivity (Wildman–Crippen MR) is 122 cm³/mol. The molecule has 0 aliphatic carbocycles. The van der Waals surface area contributed by atoms with Crippen LogP contribution in [-0.4, -0.2) is 18.1 Å². The number of pyridine rings is 1. The quantitative estimate of drug-likeness (QED) is 0.256. The van der Waals surface area contributed by atoms with Crippen molar-refractivity contribution in [3.8, 4) is 22.8 Å². The van der Waals surface area contributed by atoms with Gasteiger partial charge in [0.15, 0.2) is 11.5 Å². The maximum absolute atomic E-state index is 13.2. The third-order valence-electron chi connectivity index (χ3n) is 4.88. The molecule has 0 aliphatic heterocycles. The van der Waals surface area contributed by atoms with E-state index in [1.165, 1.54) is 0 Å². The van der Waals surface area contributed by atoms with Crippen LogP contribution in [0.5, 0.6) is 11.5 Å². The number of halogens is 1. The molecule has 0 amide bonds. The van der Waals surface area contributed by atoms with Gasteiger partial charge < -0.3 is 9.47 Å². The fourth-order valence-electron chi connectivity index (χ4n) is 3.48. The minimum atomic E-state index is -0.449. The predicted octanol–water partition coefficient (Wildman–Crippen LogP) is 6.51. The number of carbonyl (C=O) groups excluding carboxylic acids is 1. The van der Waals surface area contributed by atoms with Gasteiger partial charge in [-0.15, -0.1) is 0 Å². The number of esters is 1. The molecule has 0 fully saturated rings. The van der Waals surface area contributed by atoms with Gasteiger partial charge in [-0.05, 0) is 55.8 Å². The number of nitrogens with zero attached hydrogens (tertiary/aromatic N) is 1. The molecule has 150 valence electrons. The summed E-state index contributed by atoms with van der Waals surface area (Å²) in [7, 11) is 1.55. The van der Waals surface area contributed by atoms with Gasteiger partial charge >= 0.3 is 5.97 Å². The van der Waals surface area contributed by atoms with E-state index in [0.717, 1.165) is 32.1 Å². The van der Waals surface area contributed by atoms with Crippen molar-refractivity contribution in [3.63, 3.8) is 0 Å². The summed E-state index contributed by atoms with van der Waals surface area (Å²) in [6.07, 6.45) is 0. The molecule has 0 aliphatic rings. The minimum absolute atomic E-state index is 0.379. The molecule has 0 spiro atoms. The van der Waals surface area contributed by atoms with Gasteiger partial charge in [0.05, 0.1) is 23.9 Å². The molecule has 4 aromatic rings. The number of rotatable bonds is 4. The highest BCUT2D eigenvalue weighted by Gasteiger charge is 2.19. The van der Waals surface area contributed by atoms with Crippen LogP contribution < -0.4 is 9.47 Å². The van der Waals surface area contributed by atoms with E-state index in [2.05, 4.69) is 22.0 Å². The summed E-state index contributed by atoms with van der Waals surface area (Å²) in [4.78, 5) is 18.1. The lowest BCUT2D eigenvalue weighted by Gasteiger charge is -2.13. The van der Waals surface area contributed by atoms with Crippen molar-refractivity contribution in [1.29, 1.82) is 0 Å². The second-order valence-electron chi connectivity index (χ2n) is 7.08. The SMILES string of the molecule is COc1ccccc1OC(=O)c1cc(-c2ccc(Br)cc2)nc2c(C)cc(C)cc12. The number of carbonyl (C=O) groups is 1. The lowest BCUT2D eigenvalue weighted by Crippen LogP contribution is -2.11. The van der Waals surface area contributed by atoms with Crippen LogP contribution in [0.4, 0.5) is 0 Å². The molecule has 4 nitrogen and oxygen atoms in total. The summed E-state index contributed by atoms with van der Waals surface area (Å²) in [6.45, 7) is 4.01. The molecule has 0 bridgehead atoms. The second kappa shape index (κ2) is 8.28. The maximum Gasteiger partial charge on any atom is 0.344 e. The Morgan fingerprint density at radius 2 is 1.63 bits per heavy atom. The van der Waals surface area contributed by atoms with E-state index < -0.39 is 5.97 Å². The van der Waals surface area contributed by atoms with Crippen molar-refractivity contribution in [2.24, 2.45) is 0 Å². The van der Waals surface area contributed by atoms with Gasteiger partial charge in [-0.3, -0.25) is 0 Å². The molecule has 30 heavy (non-hydrogen) atoms. The largest absolute Gasteiger partial charge is 0.493 e. The molecule has 4 rings (SSSR count). The highest BCUT2D eigenvalue weighted by atomic mass is 79.9. The van der Waals surface area contributed by atoms with Crippen molar-refractivity contribution in [3.05, 3.63) is 87.9 Å². The van der Waals surface area contributed by atoms with Crippen LogP contribution in [0.1, 0.15) is 21.5 Å². The number of hydrogen-bond acceptors (Lipinski definition) is 4. The molecule has 1 aromatic heterocycles. The van der Waals surface area contributed by atoms with E-state index in [-0.39, 0.29) is 0 Å². The highest BCUT2D eigenvalue weighted by Crippen LogP contribution is 2.31. The standard InChI is InChI=1S/C25H20BrNO3/c1-15-12-16(2)24-19(13-15)20(14-21(27-24)17-8-10-18(26)11-9-17)25(28)30-23-7-5-4-6-22(23)29-3/h4-14H,1-3H3. The average molecular weight is 462 g/mol. The molecule has 0 saturated heterocycles. The molecular formula is C25H20BrNO3. The monoisotopic (exact) mass is 461 g/mol. The van der Waals surface area contributed by atoms with Gasteiger partial charge in [0, 0.05) is 15.4 Å². The third-order valence-corrected chi connectivity index (χ3v) is 5.41. The van der Waals surface area contributed by atoms with E-state index in [4.69, 9.17) is 14.5 Å². The zero-order valence-corrected chi connectivity index (χ0v) is 18.5. The van der Waals surface area contributed by atoms with Crippen LogP contribution in [0.2, 0.25) is 0 Å². The Bertz CT molecular complexity index is 1250. The Balaban J connectivity index is 1.88.